The average Bonchev–Trinajstić information content (AvgIpc) is 2.93. The summed E-state index contributed by atoms with van der Waals surface area (Å²) in [6.07, 6.45) is 3.39. The molecule has 9 heteroatoms. The monoisotopic (exact) mass is 367 g/mol. The first-order chi connectivity index (χ1) is 11.8. The van der Waals surface area contributed by atoms with Crippen molar-refractivity contribution >= 4 is 21.9 Å². The van der Waals surface area contributed by atoms with E-state index in [2.05, 4.69) is 10.3 Å². The molecule has 1 aromatic heterocycles. The van der Waals surface area contributed by atoms with E-state index in [4.69, 9.17) is 0 Å². The van der Waals surface area contributed by atoms with Crippen LogP contribution in [0.3, 0.4) is 0 Å². The lowest BCUT2D eigenvalue weighted by molar-refractivity contribution is 0.0588. The summed E-state index contributed by atoms with van der Waals surface area (Å²) in [4.78, 5) is 19.0. The molecule has 4 heterocycles. The summed E-state index contributed by atoms with van der Waals surface area (Å²) in [5.41, 5.74) is 0.578. The third-order valence-electron chi connectivity index (χ3n) is 4.99. The van der Waals surface area contributed by atoms with Gasteiger partial charge in [-0.15, -0.1) is 0 Å². The Morgan fingerprint density at radius 1 is 1.28 bits per heavy atom. The minimum atomic E-state index is -3.46. The number of fused-ring (bicyclic) bond motifs is 4. The Hall–Kier alpha value is -1.71. The molecule has 3 aliphatic heterocycles. The third-order valence-corrected chi connectivity index (χ3v) is 6.87. The van der Waals surface area contributed by atoms with Gasteiger partial charge in [0.05, 0.1) is 0 Å². The molecule has 3 saturated heterocycles. The second-order valence-electron chi connectivity index (χ2n) is 6.84. The number of pyridine rings is 1. The van der Waals surface area contributed by atoms with E-state index in [-0.39, 0.29) is 17.9 Å². The Morgan fingerprint density at radius 3 is 2.72 bits per heavy atom. The van der Waals surface area contributed by atoms with Crippen LogP contribution in [0.4, 0.5) is 5.82 Å². The lowest BCUT2D eigenvalue weighted by Crippen LogP contribution is -2.48. The van der Waals surface area contributed by atoms with Crippen molar-refractivity contribution in [2.45, 2.75) is 18.9 Å². The van der Waals surface area contributed by atoms with Gasteiger partial charge in [0.25, 0.3) is 16.1 Å². The predicted molar refractivity (Wildman–Crippen MR) is 95.5 cm³/mol. The van der Waals surface area contributed by atoms with Crippen LogP contribution >= 0.6 is 0 Å². The maximum absolute atomic E-state index is 13.0. The first-order valence-electron chi connectivity index (χ1n) is 8.45. The van der Waals surface area contributed by atoms with Gasteiger partial charge in [0.1, 0.15) is 5.82 Å². The predicted octanol–water partition coefficient (Wildman–Crippen LogP) is 0.466. The van der Waals surface area contributed by atoms with Gasteiger partial charge in [-0.2, -0.15) is 17.0 Å². The molecule has 0 radical (unpaired) electrons. The van der Waals surface area contributed by atoms with Crippen molar-refractivity contribution in [1.29, 1.82) is 0 Å². The highest BCUT2D eigenvalue weighted by Gasteiger charge is 2.41. The lowest BCUT2D eigenvalue weighted by Gasteiger charge is -2.36. The van der Waals surface area contributed by atoms with Gasteiger partial charge in [-0.05, 0) is 30.9 Å². The van der Waals surface area contributed by atoms with Crippen molar-refractivity contribution in [1.82, 2.24) is 18.5 Å². The zero-order valence-electron chi connectivity index (χ0n) is 14.8. The number of anilines is 1. The highest BCUT2D eigenvalue weighted by molar-refractivity contribution is 7.86. The van der Waals surface area contributed by atoms with Gasteiger partial charge in [0, 0.05) is 58.6 Å². The average molecular weight is 367 g/mol. The molecule has 1 amide bonds. The molecule has 25 heavy (non-hydrogen) atoms. The topological polar surface area (TPSA) is 85.8 Å². The van der Waals surface area contributed by atoms with Crippen LogP contribution in [0.25, 0.3) is 0 Å². The summed E-state index contributed by atoms with van der Waals surface area (Å²) in [5, 5.41) is 2.94. The van der Waals surface area contributed by atoms with Crippen molar-refractivity contribution < 1.29 is 13.2 Å². The summed E-state index contributed by atoms with van der Waals surface area (Å²) in [6, 6.07) is 3.35. The Bertz CT molecular complexity index is 752. The van der Waals surface area contributed by atoms with E-state index in [0.717, 1.165) is 12.8 Å². The van der Waals surface area contributed by atoms with Gasteiger partial charge in [-0.1, -0.05) is 0 Å². The number of nitrogens with one attached hydrogen (secondary N) is 1. The van der Waals surface area contributed by atoms with Crippen molar-refractivity contribution in [3.63, 3.8) is 0 Å². The molecule has 3 aliphatic rings. The minimum absolute atomic E-state index is 0.0577. The fraction of sp³-hybridized carbons (Fsp3) is 0.625. The van der Waals surface area contributed by atoms with Crippen LogP contribution in [0, 0.1) is 5.92 Å². The maximum Gasteiger partial charge on any atom is 0.281 e. The molecule has 0 aromatic carbocycles. The molecule has 2 atom stereocenters. The molecule has 4 rings (SSSR count). The van der Waals surface area contributed by atoms with E-state index in [9.17, 15) is 13.2 Å². The normalized spacial score (nSPS) is 24.4. The summed E-state index contributed by atoms with van der Waals surface area (Å²) in [6.45, 7) is 1.42. The summed E-state index contributed by atoms with van der Waals surface area (Å²) in [7, 11) is 1.38. The summed E-state index contributed by atoms with van der Waals surface area (Å²) < 4.78 is 27.8. The molecule has 8 nitrogen and oxygen atoms in total. The smallest absolute Gasteiger partial charge is 0.281 e. The van der Waals surface area contributed by atoms with Gasteiger partial charge in [-0.25, -0.2) is 4.98 Å². The molecule has 138 valence electrons. The summed E-state index contributed by atoms with van der Waals surface area (Å²) in [5.74, 6) is 0.753. The lowest BCUT2D eigenvalue weighted by atomic mass is 9.94. The number of rotatable bonds is 4. The van der Waals surface area contributed by atoms with Crippen molar-refractivity contribution in [3.05, 3.63) is 23.9 Å². The van der Waals surface area contributed by atoms with Crippen LogP contribution in [-0.2, 0) is 10.2 Å². The van der Waals surface area contributed by atoms with E-state index < -0.39 is 10.2 Å². The van der Waals surface area contributed by atoms with Crippen molar-refractivity contribution in [2.24, 2.45) is 5.92 Å². The molecule has 3 fully saturated rings. The van der Waals surface area contributed by atoms with E-state index in [1.54, 1.807) is 39.5 Å². The van der Waals surface area contributed by atoms with E-state index in [1.807, 2.05) is 4.90 Å². The molecule has 0 spiro atoms. The number of aromatic nitrogens is 1. The first kappa shape index (κ1) is 18.1. The molecule has 0 aliphatic carbocycles. The second kappa shape index (κ2) is 6.89. The van der Waals surface area contributed by atoms with Crippen LogP contribution in [0.15, 0.2) is 18.3 Å². The highest BCUT2D eigenvalue weighted by Crippen LogP contribution is 2.31. The SMILES string of the molecule is CNc1cc(C(=O)N2C[C@H]3CC[C@@H]2CN(S(=O)(=O)N(C)C)C3)ccn1. The number of piperidine rings is 1. The Morgan fingerprint density at radius 2 is 2.04 bits per heavy atom. The quantitative estimate of drug-likeness (QED) is 0.836. The Labute approximate surface area is 149 Å². The summed E-state index contributed by atoms with van der Waals surface area (Å²) >= 11 is 0. The molecular weight excluding hydrogens is 342 g/mol. The highest BCUT2D eigenvalue weighted by atomic mass is 32.2. The second-order valence-corrected chi connectivity index (χ2v) is 8.98. The van der Waals surface area contributed by atoms with Gasteiger partial charge in [-0.3, -0.25) is 4.79 Å². The van der Waals surface area contributed by atoms with E-state index >= 15 is 0 Å². The number of hydrogen-bond acceptors (Lipinski definition) is 5. The molecule has 2 bridgehead atoms. The van der Waals surface area contributed by atoms with Crippen LogP contribution < -0.4 is 5.32 Å². The zero-order chi connectivity index (χ0) is 18.2. The fourth-order valence-electron chi connectivity index (χ4n) is 3.57. The minimum Gasteiger partial charge on any atom is -0.373 e. The first-order valence-corrected chi connectivity index (χ1v) is 9.85. The standard InChI is InChI=1S/C16H25N5O3S/c1-17-15-8-13(6-7-18-15)16(22)21-10-12-4-5-14(21)11-20(9-12)25(23,24)19(2)3/h6-8,12,14H,4-5,9-11H2,1-3H3,(H,17,18)/t12-,14+/m0/s1. The van der Waals surface area contributed by atoms with Crippen molar-refractivity contribution in [3.8, 4) is 0 Å². The number of nitrogens with zero attached hydrogens (tertiary/aromatic N) is 4. The van der Waals surface area contributed by atoms with Crippen LogP contribution in [-0.4, -0.2) is 79.6 Å². The fourth-order valence-corrected chi connectivity index (χ4v) is 4.79. The van der Waals surface area contributed by atoms with Crippen LogP contribution in [0.2, 0.25) is 0 Å². The number of carbonyl (C=O) groups is 1. The van der Waals surface area contributed by atoms with Gasteiger partial charge >= 0.3 is 0 Å². The maximum atomic E-state index is 13.0. The molecule has 1 N–H and O–H groups in total. The number of hydrogen-bond donors (Lipinski definition) is 1. The Balaban J connectivity index is 1.84. The van der Waals surface area contributed by atoms with Crippen LogP contribution in [0.5, 0.6) is 0 Å². The van der Waals surface area contributed by atoms with Gasteiger partial charge in [0.15, 0.2) is 0 Å². The van der Waals surface area contributed by atoms with E-state index in [1.165, 1.54) is 8.61 Å². The molecule has 0 saturated carbocycles. The number of amides is 1. The Kier molecular flexibility index (Phi) is 4.99. The van der Waals surface area contributed by atoms with Gasteiger partial charge < -0.3 is 10.2 Å². The number of carbonyl (C=O) groups excluding carboxylic acids is 1. The van der Waals surface area contributed by atoms with Crippen LogP contribution in [0.1, 0.15) is 23.2 Å². The molecular formula is C16H25N5O3S. The van der Waals surface area contributed by atoms with Crippen molar-refractivity contribution in [2.75, 3.05) is 46.1 Å². The zero-order valence-corrected chi connectivity index (χ0v) is 15.7. The largest absolute Gasteiger partial charge is 0.373 e. The molecule has 1 aromatic rings. The molecule has 0 unspecified atom stereocenters. The van der Waals surface area contributed by atoms with Gasteiger partial charge in [0.2, 0.25) is 0 Å². The third kappa shape index (κ3) is 3.49. The van der Waals surface area contributed by atoms with E-state index in [0.29, 0.717) is 31.0 Å².